The van der Waals surface area contributed by atoms with Gasteiger partial charge in [0.2, 0.25) is 5.91 Å². The summed E-state index contributed by atoms with van der Waals surface area (Å²) in [6.45, 7) is 3.43. The van der Waals surface area contributed by atoms with Crippen LogP contribution in [0.2, 0.25) is 0 Å². The molecule has 1 saturated heterocycles. The van der Waals surface area contributed by atoms with E-state index in [1.165, 1.54) is 16.8 Å². The van der Waals surface area contributed by atoms with Gasteiger partial charge in [-0.25, -0.2) is 0 Å². The van der Waals surface area contributed by atoms with Crippen molar-refractivity contribution in [2.45, 2.75) is 25.8 Å². The fourth-order valence-corrected chi connectivity index (χ4v) is 3.61. The quantitative estimate of drug-likeness (QED) is 0.763. The molecule has 1 fully saturated rings. The Kier molecular flexibility index (Phi) is 6.00. The van der Waals surface area contributed by atoms with Crippen molar-refractivity contribution in [1.82, 2.24) is 4.90 Å². The first-order chi connectivity index (χ1) is 10.2. The van der Waals surface area contributed by atoms with Crippen LogP contribution in [0.15, 0.2) is 41.1 Å². The third kappa shape index (κ3) is 3.88. The van der Waals surface area contributed by atoms with Gasteiger partial charge in [-0.2, -0.15) is 11.3 Å². The second kappa shape index (κ2) is 7.77. The fourth-order valence-electron chi connectivity index (χ4n) is 2.96. The van der Waals surface area contributed by atoms with Crippen molar-refractivity contribution in [3.63, 3.8) is 0 Å². The molecule has 2 aromatic rings. The molecule has 0 spiro atoms. The van der Waals surface area contributed by atoms with Crippen molar-refractivity contribution in [3.8, 4) is 11.1 Å². The molecule has 0 bridgehead atoms. The number of rotatable bonds is 3. The van der Waals surface area contributed by atoms with E-state index in [0.29, 0.717) is 6.04 Å². The Labute approximate surface area is 141 Å². The number of likely N-dealkylation sites (tertiary alicyclic amines) is 1. The lowest BCUT2D eigenvalue weighted by molar-refractivity contribution is -0.613. The predicted molar refractivity (Wildman–Crippen MR) is 86.6 cm³/mol. The molecule has 3 rings (SSSR count). The normalized spacial score (nSPS) is 15.4. The summed E-state index contributed by atoms with van der Waals surface area (Å²) >= 11 is 1.73. The van der Waals surface area contributed by atoms with Crippen LogP contribution < -0.4 is 17.7 Å². The van der Waals surface area contributed by atoms with Gasteiger partial charge in [-0.3, -0.25) is 4.79 Å². The van der Waals surface area contributed by atoms with Crippen LogP contribution in [-0.2, 0) is 4.79 Å². The number of nitrogens with zero attached hydrogens (tertiary/aromatic N) is 1. The standard InChI is InChI=1S/C17H20N2OS.ClH/c1-13(20)19-9-6-15(7-10-19)18-17-5-3-2-4-16(17)14-8-11-21-12-14;/h2-5,8,11-12,15,18H,6-7,9-10H2,1H3;1H. The van der Waals surface area contributed by atoms with Gasteiger partial charge in [0.05, 0.1) is 6.04 Å². The number of nitrogens with two attached hydrogens (primary N) is 1. The monoisotopic (exact) mass is 336 g/mol. The number of benzene rings is 1. The molecule has 1 aliphatic heterocycles. The number of hydrogen-bond acceptors (Lipinski definition) is 2. The largest absolute Gasteiger partial charge is 1.00 e. The Bertz CT molecular complexity index is 607. The summed E-state index contributed by atoms with van der Waals surface area (Å²) in [6, 6.07) is 11.3. The molecular weight excluding hydrogens is 316 g/mol. The number of hydrogen-bond donors (Lipinski definition) is 1. The maximum atomic E-state index is 11.4. The van der Waals surface area contributed by atoms with Gasteiger partial charge < -0.3 is 22.6 Å². The van der Waals surface area contributed by atoms with Gasteiger partial charge >= 0.3 is 0 Å². The molecule has 0 atom stereocenters. The van der Waals surface area contributed by atoms with Crippen LogP contribution in [0.4, 0.5) is 5.69 Å². The summed E-state index contributed by atoms with van der Waals surface area (Å²) in [5.41, 5.74) is 3.93. The van der Waals surface area contributed by atoms with E-state index in [-0.39, 0.29) is 18.3 Å². The highest BCUT2D eigenvalue weighted by Crippen LogP contribution is 2.27. The van der Waals surface area contributed by atoms with E-state index < -0.39 is 0 Å². The number of halogens is 1. The minimum absolute atomic E-state index is 0. The van der Waals surface area contributed by atoms with Gasteiger partial charge in [0, 0.05) is 38.4 Å². The minimum atomic E-state index is 0. The SMILES string of the molecule is CC(=O)N1CCC([NH2+]c2ccccc2-c2ccsc2)CC1.[Cl-]. The highest BCUT2D eigenvalue weighted by molar-refractivity contribution is 7.08. The molecule has 1 aliphatic rings. The van der Waals surface area contributed by atoms with Gasteiger partial charge in [0.25, 0.3) is 0 Å². The van der Waals surface area contributed by atoms with Crippen LogP contribution in [0.1, 0.15) is 19.8 Å². The Hall–Kier alpha value is -1.36. The van der Waals surface area contributed by atoms with Crippen molar-refractivity contribution < 1.29 is 22.5 Å². The van der Waals surface area contributed by atoms with Gasteiger partial charge in [0.15, 0.2) is 0 Å². The topological polar surface area (TPSA) is 36.9 Å². The predicted octanol–water partition coefficient (Wildman–Crippen LogP) is -0.375. The zero-order valence-electron chi connectivity index (χ0n) is 12.7. The summed E-state index contributed by atoms with van der Waals surface area (Å²) in [4.78, 5) is 13.3. The molecule has 0 aliphatic carbocycles. The Morgan fingerprint density at radius 3 is 2.59 bits per heavy atom. The summed E-state index contributed by atoms with van der Waals surface area (Å²) in [5.74, 6) is 0.201. The van der Waals surface area contributed by atoms with E-state index in [0.717, 1.165) is 25.9 Å². The van der Waals surface area contributed by atoms with Gasteiger partial charge in [0.1, 0.15) is 5.69 Å². The summed E-state index contributed by atoms with van der Waals surface area (Å²) in [5, 5.41) is 6.72. The second-order valence-electron chi connectivity index (χ2n) is 5.61. The molecule has 22 heavy (non-hydrogen) atoms. The van der Waals surface area contributed by atoms with E-state index >= 15 is 0 Å². The maximum absolute atomic E-state index is 11.4. The van der Waals surface area contributed by atoms with Gasteiger partial charge in [-0.05, 0) is 34.5 Å². The number of piperidine rings is 1. The lowest BCUT2D eigenvalue weighted by Gasteiger charge is -2.30. The molecular formula is C17H21ClN2OS. The van der Waals surface area contributed by atoms with E-state index in [2.05, 4.69) is 46.4 Å². The Balaban J connectivity index is 0.00000176. The number of para-hydroxylation sites is 1. The van der Waals surface area contributed by atoms with Crippen LogP contribution in [0.5, 0.6) is 0 Å². The van der Waals surface area contributed by atoms with Crippen LogP contribution in [0, 0.1) is 0 Å². The number of carbonyl (C=O) groups excluding carboxylic acids is 1. The average Bonchev–Trinajstić information content (AvgIpc) is 3.02. The zero-order valence-corrected chi connectivity index (χ0v) is 14.2. The molecule has 3 nitrogen and oxygen atoms in total. The van der Waals surface area contributed by atoms with Gasteiger partial charge in [-0.1, -0.05) is 12.1 Å². The van der Waals surface area contributed by atoms with E-state index in [1.54, 1.807) is 18.3 Å². The maximum Gasteiger partial charge on any atom is 0.219 e. The number of quaternary nitrogens is 1. The zero-order chi connectivity index (χ0) is 14.7. The molecule has 2 N–H and O–H groups in total. The van der Waals surface area contributed by atoms with Crippen molar-refractivity contribution in [2.24, 2.45) is 0 Å². The van der Waals surface area contributed by atoms with Crippen molar-refractivity contribution in [3.05, 3.63) is 41.1 Å². The van der Waals surface area contributed by atoms with Gasteiger partial charge in [-0.15, -0.1) is 0 Å². The highest BCUT2D eigenvalue weighted by Gasteiger charge is 2.24. The summed E-state index contributed by atoms with van der Waals surface area (Å²) in [6.07, 6.45) is 2.13. The molecule has 0 saturated carbocycles. The first kappa shape index (κ1) is 17.0. The van der Waals surface area contributed by atoms with E-state index in [4.69, 9.17) is 0 Å². The van der Waals surface area contributed by atoms with Crippen LogP contribution in [0.25, 0.3) is 11.1 Å². The second-order valence-corrected chi connectivity index (χ2v) is 6.39. The van der Waals surface area contributed by atoms with E-state index in [1.807, 2.05) is 4.90 Å². The van der Waals surface area contributed by atoms with Crippen LogP contribution in [-0.4, -0.2) is 29.9 Å². The third-order valence-corrected chi connectivity index (χ3v) is 4.88. The summed E-state index contributed by atoms with van der Waals surface area (Å²) < 4.78 is 0. The highest BCUT2D eigenvalue weighted by atomic mass is 35.5. The Morgan fingerprint density at radius 2 is 1.95 bits per heavy atom. The fraction of sp³-hybridized carbons (Fsp3) is 0.353. The molecule has 0 radical (unpaired) electrons. The molecule has 1 amide bonds. The smallest absolute Gasteiger partial charge is 0.219 e. The molecule has 1 aromatic heterocycles. The number of amides is 1. The summed E-state index contributed by atoms with van der Waals surface area (Å²) in [7, 11) is 0. The Morgan fingerprint density at radius 1 is 1.23 bits per heavy atom. The number of carbonyl (C=O) groups is 1. The van der Waals surface area contributed by atoms with Crippen LogP contribution >= 0.6 is 11.3 Å². The lowest BCUT2D eigenvalue weighted by Crippen LogP contribution is -3.00. The van der Waals surface area contributed by atoms with Crippen molar-refractivity contribution in [2.75, 3.05) is 13.1 Å². The first-order valence-electron chi connectivity index (χ1n) is 7.46. The molecule has 0 unspecified atom stereocenters. The molecule has 2 heterocycles. The first-order valence-corrected chi connectivity index (χ1v) is 8.40. The minimum Gasteiger partial charge on any atom is -1.00 e. The average molecular weight is 337 g/mol. The van der Waals surface area contributed by atoms with Crippen molar-refractivity contribution in [1.29, 1.82) is 0 Å². The van der Waals surface area contributed by atoms with Crippen molar-refractivity contribution >= 4 is 22.9 Å². The van der Waals surface area contributed by atoms with Crippen LogP contribution in [0.3, 0.4) is 0 Å². The molecule has 1 aromatic carbocycles. The number of thiophene rings is 1. The molecule has 118 valence electrons. The lowest BCUT2D eigenvalue weighted by atomic mass is 10.0. The van der Waals surface area contributed by atoms with E-state index in [9.17, 15) is 4.79 Å². The third-order valence-electron chi connectivity index (χ3n) is 4.19. The molecule has 5 heteroatoms.